The van der Waals surface area contributed by atoms with Crippen molar-refractivity contribution in [2.24, 2.45) is 0 Å². The van der Waals surface area contributed by atoms with E-state index in [1.165, 1.54) is 11.1 Å². The predicted molar refractivity (Wildman–Crippen MR) is 76.6 cm³/mol. The molecule has 0 aromatic heterocycles. The zero-order chi connectivity index (χ0) is 13.4. The Hall–Kier alpha value is -1.55. The van der Waals surface area contributed by atoms with Crippen LogP contribution in [0.1, 0.15) is 17.5 Å². The third-order valence-electron chi connectivity index (χ3n) is 4.38. The number of nitrogens with zero attached hydrogens (tertiary/aromatic N) is 2. The summed E-state index contributed by atoms with van der Waals surface area (Å²) >= 11 is 0. The number of benzene rings is 1. The Labute approximate surface area is 114 Å². The van der Waals surface area contributed by atoms with Crippen LogP contribution in [0.4, 0.5) is 10.5 Å². The first-order chi connectivity index (χ1) is 9.18. The predicted octanol–water partition coefficient (Wildman–Crippen LogP) is 1.91. The molecule has 0 saturated carbocycles. The standard InChI is InChI=1S/C15H21N3O/c1-11-4-3-5-14(12(11)2)18-9-8-17(15(18)19)13-6-7-16-10-13/h3-5,13,16H,6-10H2,1-2H3. The molecule has 2 heterocycles. The van der Waals surface area contributed by atoms with Gasteiger partial charge in [-0.05, 0) is 44.0 Å². The van der Waals surface area contributed by atoms with Crippen molar-refractivity contribution in [2.45, 2.75) is 26.3 Å². The number of aryl methyl sites for hydroxylation is 1. The van der Waals surface area contributed by atoms with Crippen molar-refractivity contribution in [3.8, 4) is 0 Å². The van der Waals surface area contributed by atoms with Crippen LogP contribution < -0.4 is 10.2 Å². The highest BCUT2D eigenvalue weighted by Crippen LogP contribution is 2.27. The second kappa shape index (κ2) is 4.85. The number of rotatable bonds is 2. The number of carbonyl (C=O) groups excluding carboxylic acids is 1. The fourth-order valence-electron chi connectivity index (χ4n) is 3.05. The van der Waals surface area contributed by atoms with Crippen molar-refractivity contribution in [1.82, 2.24) is 10.2 Å². The van der Waals surface area contributed by atoms with Crippen LogP contribution >= 0.6 is 0 Å². The van der Waals surface area contributed by atoms with E-state index in [1.807, 2.05) is 15.9 Å². The molecule has 0 spiro atoms. The second-order valence-corrected chi connectivity index (χ2v) is 5.49. The van der Waals surface area contributed by atoms with Gasteiger partial charge in [0.2, 0.25) is 0 Å². The molecule has 2 aliphatic rings. The number of carbonyl (C=O) groups is 1. The lowest BCUT2D eigenvalue weighted by atomic mass is 10.1. The molecular formula is C15H21N3O. The summed E-state index contributed by atoms with van der Waals surface area (Å²) in [5, 5.41) is 3.33. The first kappa shape index (κ1) is 12.5. The highest BCUT2D eigenvalue weighted by atomic mass is 16.2. The van der Waals surface area contributed by atoms with Gasteiger partial charge in [-0.1, -0.05) is 12.1 Å². The van der Waals surface area contributed by atoms with E-state index in [0.29, 0.717) is 6.04 Å². The molecule has 1 aromatic rings. The molecule has 2 saturated heterocycles. The maximum atomic E-state index is 12.6. The maximum Gasteiger partial charge on any atom is 0.324 e. The van der Waals surface area contributed by atoms with Crippen LogP contribution in [0.2, 0.25) is 0 Å². The molecule has 1 unspecified atom stereocenters. The molecule has 1 aromatic carbocycles. The summed E-state index contributed by atoms with van der Waals surface area (Å²) in [4.78, 5) is 16.5. The van der Waals surface area contributed by atoms with Crippen LogP contribution in [0.25, 0.3) is 0 Å². The van der Waals surface area contributed by atoms with Gasteiger partial charge in [0.25, 0.3) is 0 Å². The lowest BCUT2D eigenvalue weighted by molar-refractivity contribution is 0.205. The zero-order valence-electron chi connectivity index (χ0n) is 11.6. The van der Waals surface area contributed by atoms with Crippen molar-refractivity contribution in [3.05, 3.63) is 29.3 Å². The minimum atomic E-state index is 0.169. The average Bonchev–Trinajstić information content (AvgIpc) is 3.02. The highest BCUT2D eigenvalue weighted by Gasteiger charge is 2.36. The molecule has 4 heteroatoms. The number of hydrogen-bond acceptors (Lipinski definition) is 2. The molecule has 19 heavy (non-hydrogen) atoms. The van der Waals surface area contributed by atoms with E-state index in [2.05, 4.69) is 31.3 Å². The van der Waals surface area contributed by atoms with Gasteiger partial charge in [0.15, 0.2) is 0 Å². The summed E-state index contributed by atoms with van der Waals surface area (Å²) in [5.74, 6) is 0. The Kier molecular flexibility index (Phi) is 3.19. The number of anilines is 1. The van der Waals surface area contributed by atoms with Crippen LogP contribution in [0, 0.1) is 13.8 Å². The quantitative estimate of drug-likeness (QED) is 0.880. The van der Waals surface area contributed by atoms with Gasteiger partial charge in [-0.3, -0.25) is 4.90 Å². The summed E-state index contributed by atoms with van der Waals surface area (Å²) < 4.78 is 0. The van der Waals surface area contributed by atoms with Crippen molar-refractivity contribution < 1.29 is 4.79 Å². The number of urea groups is 1. The average molecular weight is 259 g/mol. The largest absolute Gasteiger partial charge is 0.324 e. The smallest absolute Gasteiger partial charge is 0.318 e. The highest BCUT2D eigenvalue weighted by molar-refractivity contribution is 5.95. The topological polar surface area (TPSA) is 35.6 Å². The van der Waals surface area contributed by atoms with Crippen molar-refractivity contribution in [3.63, 3.8) is 0 Å². The van der Waals surface area contributed by atoms with Crippen LogP contribution in [0.15, 0.2) is 18.2 Å². The lowest BCUT2D eigenvalue weighted by Crippen LogP contribution is -2.40. The molecule has 0 radical (unpaired) electrons. The Morgan fingerprint density at radius 3 is 2.84 bits per heavy atom. The van der Waals surface area contributed by atoms with E-state index in [1.54, 1.807) is 0 Å². The molecule has 1 N–H and O–H groups in total. The van der Waals surface area contributed by atoms with Gasteiger partial charge in [-0.15, -0.1) is 0 Å². The Balaban J connectivity index is 1.83. The Morgan fingerprint density at radius 2 is 2.11 bits per heavy atom. The van der Waals surface area contributed by atoms with E-state index in [0.717, 1.165) is 38.3 Å². The molecule has 0 bridgehead atoms. The zero-order valence-corrected chi connectivity index (χ0v) is 11.6. The number of nitrogens with one attached hydrogen (secondary N) is 1. The van der Waals surface area contributed by atoms with Crippen molar-refractivity contribution in [1.29, 1.82) is 0 Å². The molecule has 4 nitrogen and oxygen atoms in total. The minimum Gasteiger partial charge on any atom is -0.318 e. The van der Waals surface area contributed by atoms with Crippen LogP contribution in [0.3, 0.4) is 0 Å². The molecule has 2 aliphatic heterocycles. The van der Waals surface area contributed by atoms with E-state index < -0.39 is 0 Å². The van der Waals surface area contributed by atoms with E-state index in [-0.39, 0.29) is 6.03 Å². The summed E-state index contributed by atoms with van der Waals surface area (Å²) in [6.45, 7) is 7.80. The van der Waals surface area contributed by atoms with Gasteiger partial charge in [-0.25, -0.2) is 4.79 Å². The normalized spacial score (nSPS) is 23.5. The fraction of sp³-hybridized carbons (Fsp3) is 0.533. The van der Waals surface area contributed by atoms with Gasteiger partial charge < -0.3 is 10.2 Å². The summed E-state index contributed by atoms with van der Waals surface area (Å²) in [6, 6.07) is 6.73. The SMILES string of the molecule is Cc1cccc(N2CCN(C3CCNC3)C2=O)c1C. The van der Waals surface area contributed by atoms with E-state index >= 15 is 0 Å². The van der Waals surface area contributed by atoms with Gasteiger partial charge >= 0.3 is 6.03 Å². The molecule has 2 fully saturated rings. The summed E-state index contributed by atoms with van der Waals surface area (Å²) in [5.41, 5.74) is 3.52. The second-order valence-electron chi connectivity index (χ2n) is 5.49. The number of amides is 2. The van der Waals surface area contributed by atoms with Gasteiger partial charge in [-0.2, -0.15) is 0 Å². The van der Waals surface area contributed by atoms with Gasteiger partial charge in [0.05, 0.1) is 0 Å². The Morgan fingerprint density at radius 1 is 1.26 bits per heavy atom. The van der Waals surface area contributed by atoms with Crippen LogP contribution in [-0.4, -0.2) is 43.2 Å². The first-order valence-corrected chi connectivity index (χ1v) is 7.03. The van der Waals surface area contributed by atoms with E-state index in [4.69, 9.17) is 0 Å². The van der Waals surface area contributed by atoms with Crippen LogP contribution in [0.5, 0.6) is 0 Å². The molecule has 0 aliphatic carbocycles. The van der Waals surface area contributed by atoms with E-state index in [9.17, 15) is 4.79 Å². The van der Waals surface area contributed by atoms with Gasteiger partial charge in [0.1, 0.15) is 0 Å². The van der Waals surface area contributed by atoms with Crippen molar-refractivity contribution in [2.75, 3.05) is 31.1 Å². The third-order valence-corrected chi connectivity index (χ3v) is 4.38. The molecular weight excluding hydrogens is 238 g/mol. The summed E-state index contributed by atoms with van der Waals surface area (Å²) in [7, 11) is 0. The van der Waals surface area contributed by atoms with Crippen molar-refractivity contribution >= 4 is 11.7 Å². The van der Waals surface area contributed by atoms with Crippen LogP contribution in [-0.2, 0) is 0 Å². The first-order valence-electron chi connectivity index (χ1n) is 7.03. The summed E-state index contributed by atoms with van der Waals surface area (Å²) in [6.07, 6.45) is 1.08. The Bertz CT molecular complexity index is 494. The number of hydrogen-bond donors (Lipinski definition) is 1. The minimum absolute atomic E-state index is 0.169. The third kappa shape index (κ3) is 2.10. The molecule has 1 atom stereocenters. The fourth-order valence-corrected chi connectivity index (χ4v) is 3.05. The lowest BCUT2D eigenvalue weighted by Gasteiger charge is -2.24. The van der Waals surface area contributed by atoms with Gasteiger partial charge in [0, 0.05) is 31.4 Å². The molecule has 3 rings (SSSR count). The molecule has 2 amide bonds. The maximum absolute atomic E-state index is 12.6. The monoisotopic (exact) mass is 259 g/mol. The molecule has 102 valence electrons.